The lowest BCUT2D eigenvalue weighted by Gasteiger charge is -2.38. The summed E-state index contributed by atoms with van der Waals surface area (Å²) >= 11 is 0. The fourth-order valence-electron chi connectivity index (χ4n) is 6.88. The standard InChI is InChI=1S/C33H22FN3O5/c34-22-13-9-21(10-14-22)30(39)28-27(29(38)20-11-15-23(16-12-20)37(41)42)33(25-7-3-4-8-26(25)35-32(33)40)31-24-6-2-1-5-19(24)17-18-36(28)31/h1-18,27-28,31H,(H,35,40)/t27-,28+,31-,33+/m1/s1. The smallest absolute Gasteiger partial charge is 0.269 e. The van der Waals surface area contributed by atoms with Crippen LogP contribution < -0.4 is 5.32 Å². The third kappa shape index (κ3) is 3.49. The molecule has 1 N–H and O–H groups in total. The molecular weight excluding hydrogens is 537 g/mol. The highest BCUT2D eigenvalue weighted by molar-refractivity contribution is 6.16. The summed E-state index contributed by atoms with van der Waals surface area (Å²) in [5, 5.41) is 14.3. The van der Waals surface area contributed by atoms with Gasteiger partial charge in [-0.15, -0.1) is 0 Å². The molecule has 4 aromatic carbocycles. The highest BCUT2D eigenvalue weighted by atomic mass is 19.1. The van der Waals surface area contributed by atoms with Crippen molar-refractivity contribution in [1.82, 2.24) is 4.90 Å². The van der Waals surface area contributed by atoms with E-state index in [2.05, 4.69) is 5.32 Å². The zero-order valence-corrected chi connectivity index (χ0v) is 21.9. The van der Waals surface area contributed by atoms with Crippen molar-refractivity contribution in [3.05, 3.63) is 147 Å². The predicted molar refractivity (Wildman–Crippen MR) is 152 cm³/mol. The number of nitrogens with one attached hydrogen (secondary N) is 1. The first-order valence-corrected chi connectivity index (χ1v) is 13.4. The quantitative estimate of drug-likeness (QED) is 0.190. The van der Waals surface area contributed by atoms with Gasteiger partial charge in [0, 0.05) is 35.1 Å². The van der Waals surface area contributed by atoms with Crippen molar-refractivity contribution in [3.63, 3.8) is 0 Å². The molecule has 3 heterocycles. The Bertz CT molecular complexity index is 1840. The number of hydrogen-bond acceptors (Lipinski definition) is 6. The van der Waals surface area contributed by atoms with Crippen LogP contribution in [0, 0.1) is 21.8 Å². The number of carbonyl (C=O) groups is 3. The second kappa shape index (κ2) is 9.31. The molecule has 0 aliphatic carbocycles. The molecule has 8 nitrogen and oxygen atoms in total. The minimum Gasteiger partial charge on any atom is -0.358 e. The van der Waals surface area contributed by atoms with E-state index >= 15 is 0 Å². The summed E-state index contributed by atoms with van der Waals surface area (Å²) in [6.45, 7) is 0. The molecule has 0 unspecified atom stereocenters. The molecule has 1 saturated heterocycles. The molecule has 4 aromatic rings. The van der Waals surface area contributed by atoms with Gasteiger partial charge in [0.1, 0.15) is 17.3 Å². The molecule has 9 heteroatoms. The Labute approximate surface area is 239 Å². The monoisotopic (exact) mass is 559 g/mol. The number of non-ortho nitro benzene ring substituents is 1. The number of halogens is 1. The number of ketones is 2. The third-order valence-corrected chi connectivity index (χ3v) is 8.61. The molecule has 3 aliphatic heterocycles. The number of hydrogen-bond donors (Lipinski definition) is 1. The SMILES string of the molecule is O=C(c1ccc(F)cc1)[C@@H]1[C@H](C(=O)c2ccc([N+](=O)[O-])cc2)[C@]2(C(=O)Nc3ccccc32)[C@H]2c3ccccc3C=CN12. The number of benzene rings is 4. The number of fused-ring (bicyclic) bond motifs is 6. The van der Waals surface area contributed by atoms with E-state index in [4.69, 9.17) is 0 Å². The molecule has 42 heavy (non-hydrogen) atoms. The largest absolute Gasteiger partial charge is 0.358 e. The lowest BCUT2D eigenvalue weighted by atomic mass is 9.62. The topological polar surface area (TPSA) is 110 Å². The van der Waals surface area contributed by atoms with Crippen molar-refractivity contribution in [2.45, 2.75) is 17.5 Å². The van der Waals surface area contributed by atoms with E-state index in [1.165, 1.54) is 48.5 Å². The zero-order chi connectivity index (χ0) is 29.2. The minimum atomic E-state index is -1.53. The fraction of sp³-hybridized carbons (Fsp3) is 0.121. The van der Waals surface area contributed by atoms with Crippen LogP contribution in [-0.4, -0.2) is 33.3 Å². The summed E-state index contributed by atoms with van der Waals surface area (Å²) in [5.41, 5.74) is 1.38. The number of nitro benzene ring substituents is 1. The average Bonchev–Trinajstić information content (AvgIpc) is 3.49. The number of carbonyl (C=O) groups excluding carboxylic acids is 3. The normalized spacial score (nSPS) is 23.2. The molecule has 1 fully saturated rings. The van der Waals surface area contributed by atoms with Crippen LogP contribution in [0.25, 0.3) is 6.08 Å². The van der Waals surface area contributed by atoms with Crippen molar-refractivity contribution in [2.75, 3.05) is 5.32 Å². The molecule has 0 bridgehead atoms. The maximum Gasteiger partial charge on any atom is 0.269 e. The van der Waals surface area contributed by atoms with Crippen molar-refractivity contribution >= 4 is 34.9 Å². The van der Waals surface area contributed by atoms with E-state index in [1.807, 2.05) is 30.3 Å². The minimum absolute atomic E-state index is 0.135. The van der Waals surface area contributed by atoms with Crippen LogP contribution in [0.3, 0.4) is 0 Å². The number of amides is 1. The maximum atomic E-state index is 14.7. The summed E-state index contributed by atoms with van der Waals surface area (Å²) < 4.78 is 13.8. The molecule has 3 aliphatic rings. The van der Waals surface area contributed by atoms with Crippen molar-refractivity contribution in [2.24, 2.45) is 5.92 Å². The first kappa shape index (κ1) is 25.5. The van der Waals surface area contributed by atoms with Gasteiger partial charge in [-0.05, 0) is 65.2 Å². The summed E-state index contributed by atoms with van der Waals surface area (Å²) in [6, 6.07) is 23.1. The fourth-order valence-corrected chi connectivity index (χ4v) is 6.88. The Morgan fingerprint density at radius 1 is 0.857 bits per heavy atom. The van der Waals surface area contributed by atoms with Gasteiger partial charge in [0.05, 0.1) is 16.9 Å². The maximum absolute atomic E-state index is 14.7. The highest BCUT2D eigenvalue weighted by Crippen LogP contribution is 2.62. The average molecular weight is 560 g/mol. The van der Waals surface area contributed by atoms with Crippen LogP contribution in [0.4, 0.5) is 15.8 Å². The van der Waals surface area contributed by atoms with E-state index in [-0.39, 0.29) is 16.8 Å². The number of anilines is 1. The van der Waals surface area contributed by atoms with Gasteiger partial charge < -0.3 is 10.2 Å². The van der Waals surface area contributed by atoms with Gasteiger partial charge in [0.15, 0.2) is 11.6 Å². The summed E-state index contributed by atoms with van der Waals surface area (Å²) in [4.78, 5) is 56.0. The van der Waals surface area contributed by atoms with Crippen LogP contribution in [0.2, 0.25) is 0 Å². The number of nitro groups is 1. The van der Waals surface area contributed by atoms with Gasteiger partial charge in [-0.3, -0.25) is 24.5 Å². The molecule has 0 radical (unpaired) electrons. The molecule has 206 valence electrons. The first-order valence-electron chi connectivity index (χ1n) is 13.4. The molecule has 0 aromatic heterocycles. The van der Waals surface area contributed by atoms with Gasteiger partial charge in [0.25, 0.3) is 5.69 Å². The summed E-state index contributed by atoms with van der Waals surface area (Å²) in [6.07, 6.45) is 3.60. The molecule has 1 spiro atoms. The number of nitrogens with zero attached hydrogens (tertiary/aromatic N) is 2. The lowest BCUT2D eigenvalue weighted by molar-refractivity contribution is -0.384. The highest BCUT2D eigenvalue weighted by Gasteiger charge is 2.70. The summed E-state index contributed by atoms with van der Waals surface area (Å²) in [5.74, 6) is -3.11. The Kier molecular flexibility index (Phi) is 5.65. The van der Waals surface area contributed by atoms with Crippen LogP contribution in [-0.2, 0) is 10.2 Å². The van der Waals surface area contributed by atoms with Crippen molar-refractivity contribution in [3.8, 4) is 0 Å². The Morgan fingerprint density at radius 3 is 2.24 bits per heavy atom. The van der Waals surface area contributed by atoms with E-state index in [0.717, 1.165) is 11.1 Å². The van der Waals surface area contributed by atoms with Crippen LogP contribution in [0.1, 0.15) is 43.4 Å². The number of para-hydroxylation sites is 1. The molecule has 7 rings (SSSR count). The molecule has 0 saturated carbocycles. The van der Waals surface area contributed by atoms with E-state index < -0.39 is 51.6 Å². The van der Waals surface area contributed by atoms with Gasteiger partial charge in [-0.2, -0.15) is 0 Å². The van der Waals surface area contributed by atoms with E-state index in [1.54, 1.807) is 35.4 Å². The predicted octanol–water partition coefficient (Wildman–Crippen LogP) is 5.72. The second-order valence-corrected chi connectivity index (χ2v) is 10.6. The van der Waals surface area contributed by atoms with Gasteiger partial charge in [-0.1, -0.05) is 42.5 Å². The van der Waals surface area contributed by atoms with Crippen molar-refractivity contribution < 1.29 is 23.7 Å². The number of rotatable bonds is 5. The lowest BCUT2D eigenvalue weighted by Crippen LogP contribution is -2.49. The molecular formula is C33H22FN3O5. The Morgan fingerprint density at radius 2 is 1.50 bits per heavy atom. The Hall–Kier alpha value is -5.44. The summed E-state index contributed by atoms with van der Waals surface area (Å²) in [7, 11) is 0. The molecule has 1 amide bonds. The zero-order valence-electron chi connectivity index (χ0n) is 21.9. The van der Waals surface area contributed by atoms with Gasteiger partial charge in [-0.25, -0.2) is 4.39 Å². The van der Waals surface area contributed by atoms with E-state index in [0.29, 0.717) is 11.3 Å². The van der Waals surface area contributed by atoms with Gasteiger partial charge >= 0.3 is 0 Å². The Balaban J connectivity index is 1.51. The number of Topliss-reactive ketones (excluding diaryl/α,β-unsaturated/α-hetero) is 2. The van der Waals surface area contributed by atoms with Crippen LogP contribution >= 0.6 is 0 Å². The second-order valence-electron chi connectivity index (χ2n) is 10.6. The molecule has 4 atom stereocenters. The van der Waals surface area contributed by atoms with E-state index in [9.17, 15) is 28.9 Å². The van der Waals surface area contributed by atoms with Crippen molar-refractivity contribution in [1.29, 1.82) is 0 Å². The van der Waals surface area contributed by atoms with Crippen LogP contribution in [0.5, 0.6) is 0 Å². The third-order valence-electron chi connectivity index (χ3n) is 8.61. The first-order chi connectivity index (χ1) is 20.3. The van der Waals surface area contributed by atoms with Crippen LogP contribution in [0.15, 0.2) is 103 Å². The van der Waals surface area contributed by atoms with Gasteiger partial charge in [0.2, 0.25) is 5.91 Å².